The first-order chi connectivity index (χ1) is 23.8. The molecule has 0 unspecified atom stereocenters. The Morgan fingerprint density at radius 3 is 1.42 bits per heavy atom. The van der Waals surface area contributed by atoms with E-state index in [0.29, 0.717) is 0 Å². The quantitative estimate of drug-likeness (QED) is 0.194. The van der Waals surface area contributed by atoms with Gasteiger partial charge in [-0.15, -0.1) is 0 Å². The summed E-state index contributed by atoms with van der Waals surface area (Å²) in [7, 11) is 0. The van der Waals surface area contributed by atoms with Gasteiger partial charge in [-0.1, -0.05) is 115 Å². The van der Waals surface area contributed by atoms with Gasteiger partial charge in [0.05, 0.1) is 21.1 Å². The van der Waals surface area contributed by atoms with Crippen LogP contribution in [0.15, 0.2) is 147 Å². The smallest absolute Gasteiger partial charge is 0.251 e. The molecule has 3 nitrogen and oxygen atoms in total. The number of hydrogen-bond donors (Lipinski definition) is 0. The van der Waals surface area contributed by atoms with Crippen molar-refractivity contribution in [2.45, 2.75) is 19.8 Å². The van der Waals surface area contributed by atoms with E-state index in [9.17, 15) is 0 Å². The number of benzene rings is 6. The van der Waals surface area contributed by atoms with Gasteiger partial charge in [0, 0.05) is 53.7 Å². The molecule has 3 aromatic heterocycles. The highest BCUT2D eigenvalue weighted by Crippen LogP contribution is 2.41. The van der Waals surface area contributed by atoms with E-state index in [1.54, 1.807) is 0 Å². The molecule has 0 aliphatic carbocycles. The Morgan fingerprint density at radius 1 is 0.438 bits per heavy atom. The van der Waals surface area contributed by atoms with E-state index in [2.05, 4.69) is 137 Å². The first-order valence-electron chi connectivity index (χ1n) is 16.5. The highest BCUT2D eigenvalue weighted by Gasteiger charge is 2.44. The van der Waals surface area contributed by atoms with E-state index in [1.807, 2.05) is 23.5 Å². The Labute approximate surface area is 284 Å². The molecule has 7 heteroatoms. The van der Waals surface area contributed by atoms with Gasteiger partial charge in [-0.3, -0.25) is 0 Å². The van der Waals surface area contributed by atoms with Crippen molar-refractivity contribution in [2.24, 2.45) is 0 Å². The van der Waals surface area contributed by atoms with E-state index in [4.69, 9.17) is 4.98 Å². The normalized spacial score (nSPS) is 14.4. The van der Waals surface area contributed by atoms with Crippen molar-refractivity contribution in [3.05, 3.63) is 127 Å². The van der Waals surface area contributed by atoms with Crippen LogP contribution in [0.2, 0.25) is 0 Å². The highest BCUT2D eigenvalue weighted by molar-refractivity contribution is 8.00. The SMILES string of the molecule is c1cc2c3c(c1)-n1c4ccccc4c4cccc(c41)B3c1cc3c(nc1S2)Sc1cccc2c1B3c1cccc3c4ccccc4n-2c13. The van der Waals surface area contributed by atoms with Gasteiger partial charge in [0.25, 0.3) is 13.4 Å². The zero-order chi connectivity index (χ0) is 30.8. The summed E-state index contributed by atoms with van der Waals surface area (Å²) in [6, 6.07) is 47.9. The van der Waals surface area contributed by atoms with Crippen molar-refractivity contribution >= 4 is 113 Å². The third kappa shape index (κ3) is 2.79. The summed E-state index contributed by atoms with van der Waals surface area (Å²) in [5, 5.41) is 7.55. The lowest BCUT2D eigenvalue weighted by Gasteiger charge is -2.36. The van der Waals surface area contributed by atoms with Crippen molar-refractivity contribution in [1.29, 1.82) is 0 Å². The maximum atomic E-state index is 5.59. The topological polar surface area (TPSA) is 22.8 Å². The third-order valence-electron chi connectivity index (χ3n) is 11.3. The third-order valence-corrected chi connectivity index (χ3v) is 13.5. The van der Waals surface area contributed by atoms with Crippen molar-refractivity contribution < 1.29 is 0 Å². The fourth-order valence-electron chi connectivity index (χ4n) is 9.52. The Balaban J connectivity index is 1.13. The van der Waals surface area contributed by atoms with Crippen LogP contribution in [0.1, 0.15) is 0 Å². The molecule has 48 heavy (non-hydrogen) atoms. The van der Waals surface area contributed by atoms with Gasteiger partial charge >= 0.3 is 0 Å². The minimum absolute atomic E-state index is 0.123. The monoisotopic (exact) mass is 641 g/mol. The van der Waals surface area contributed by atoms with Gasteiger partial charge in [0.2, 0.25) is 0 Å². The molecule has 0 bridgehead atoms. The molecule has 0 saturated heterocycles. The Hall–Kier alpha value is -5.10. The summed E-state index contributed by atoms with van der Waals surface area (Å²) in [5.41, 5.74) is 16.1. The van der Waals surface area contributed by atoms with Gasteiger partial charge in [-0.25, -0.2) is 4.98 Å². The second kappa shape index (κ2) is 8.48. The number of pyridine rings is 1. The largest absolute Gasteiger partial charge is 0.310 e. The minimum Gasteiger partial charge on any atom is -0.310 e. The van der Waals surface area contributed by atoms with E-state index >= 15 is 0 Å². The lowest BCUT2D eigenvalue weighted by Crippen LogP contribution is -2.63. The molecule has 13 rings (SSSR count). The molecule has 0 saturated carbocycles. The molecule has 0 amide bonds. The van der Waals surface area contributed by atoms with Crippen molar-refractivity contribution in [3.63, 3.8) is 0 Å². The molecule has 0 atom stereocenters. The molecule has 0 spiro atoms. The summed E-state index contributed by atoms with van der Waals surface area (Å²) < 4.78 is 5.04. The molecule has 4 aliphatic heterocycles. The van der Waals surface area contributed by atoms with E-state index < -0.39 is 0 Å². The number of rotatable bonds is 0. The van der Waals surface area contributed by atoms with Gasteiger partial charge < -0.3 is 9.13 Å². The summed E-state index contributed by atoms with van der Waals surface area (Å²) in [6.07, 6.45) is 0. The second-order valence-corrected chi connectivity index (χ2v) is 15.5. The van der Waals surface area contributed by atoms with Gasteiger partial charge in [-0.2, -0.15) is 0 Å². The van der Waals surface area contributed by atoms with Crippen LogP contribution in [0.25, 0.3) is 55.0 Å². The molecule has 0 radical (unpaired) electrons. The van der Waals surface area contributed by atoms with E-state index in [-0.39, 0.29) is 13.4 Å². The molecule has 7 heterocycles. The van der Waals surface area contributed by atoms with Crippen LogP contribution in [0, 0.1) is 0 Å². The van der Waals surface area contributed by atoms with Crippen LogP contribution in [0.4, 0.5) is 0 Å². The molecule has 0 N–H and O–H groups in total. The average Bonchev–Trinajstić information content (AvgIpc) is 3.66. The minimum atomic E-state index is 0.123. The Bertz CT molecular complexity index is 2800. The predicted molar refractivity (Wildman–Crippen MR) is 203 cm³/mol. The number of aromatic nitrogens is 3. The van der Waals surface area contributed by atoms with Crippen LogP contribution < -0.4 is 32.8 Å². The molecular weight excluding hydrogens is 620 g/mol. The van der Waals surface area contributed by atoms with Crippen LogP contribution in [-0.2, 0) is 0 Å². The van der Waals surface area contributed by atoms with Crippen LogP contribution >= 0.6 is 23.5 Å². The highest BCUT2D eigenvalue weighted by atomic mass is 32.2. The Morgan fingerprint density at radius 2 is 0.896 bits per heavy atom. The zero-order valence-electron chi connectivity index (χ0n) is 25.4. The fraction of sp³-hybridized carbons (Fsp3) is 0. The maximum absolute atomic E-state index is 5.59. The van der Waals surface area contributed by atoms with Crippen molar-refractivity contribution in [1.82, 2.24) is 14.1 Å². The number of nitrogens with zero attached hydrogens (tertiary/aromatic N) is 3. The van der Waals surface area contributed by atoms with Gasteiger partial charge in [0.15, 0.2) is 0 Å². The van der Waals surface area contributed by atoms with Gasteiger partial charge in [-0.05, 0) is 69.2 Å². The molecule has 0 fully saturated rings. The van der Waals surface area contributed by atoms with Crippen molar-refractivity contribution in [2.75, 3.05) is 0 Å². The lowest BCUT2D eigenvalue weighted by atomic mass is 9.32. The Kier molecular flexibility index (Phi) is 4.42. The maximum Gasteiger partial charge on any atom is 0.251 e. The summed E-state index contributed by atoms with van der Waals surface area (Å²) in [5.74, 6) is 0. The molecule has 4 aliphatic rings. The number of fused-ring (bicyclic) bond motifs is 14. The predicted octanol–water partition coefficient (Wildman–Crippen LogP) is 5.86. The van der Waals surface area contributed by atoms with Crippen LogP contribution in [0.5, 0.6) is 0 Å². The van der Waals surface area contributed by atoms with Crippen LogP contribution in [0.3, 0.4) is 0 Å². The summed E-state index contributed by atoms with van der Waals surface area (Å²) >= 11 is 3.69. The fourth-order valence-corrected chi connectivity index (χ4v) is 11.8. The molecule has 218 valence electrons. The number of para-hydroxylation sites is 4. The standard InChI is InChI=1S/C41H21B2N3S2/c1-3-15-30-22(9-1)24-11-5-13-26-38(24)45(30)32-17-7-19-34-36(32)42(26)28-21-29-41(44-40(28)47-34)48-35-20-8-18-33-37(35)43(29)27-14-6-12-25-23-10-2-4-16-31(23)46(33)39(25)27/h1-21H. The molecule has 9 aromatic rings. The number of hydrogen-bond acceptors (Lipinski definition) is 3. The zero-order valence-corrected chi connectivity index (χ0v) is 27.1. The lowest BCUT2D eigenvalue weighted by molar-refractivity contribution is 1.03. The first kappa shape index (κ1) is 25.0. The van der Waals surface area contributed by atoms with Gasteiger partial charge in [0.1, 0.15) is 0 Å². The van der Waals surface area contributed by atoms with Crippen molar-refractivity contribution in [3.8, 4) is 11.4 Å². The molecule has 6 aromatic carbocycles. The van der Waals surface area contributed by atoms with Crippen LogP contribution in [-0.4, -0.2) is 27.5 Å². The summed E-state index contributed by atoms with van der Waals surface area (Å²) in [6.45, 7) is 0.247. The second-order valence-electron chi connectivity index (χ2n) is 13.4. The molecular formula is C41H21B2N3S2. The average molecular weight is 641 g/mol. The summed E-state index contributed by atoms with van der Waals surface area (Å²) in [4.78, 5) is 8.22. The van der Waals surface area contributed by atoms with E-state index in [0.717, 1.165) is 10.1 Å². The first-order valence-corrected chi connectivity index (χ1v) is 18.2. The van der Waals surface area contributed by atoms with E-state index in [1.165, 1.54) is 97.6 Å².